The number of nitrogens with two attached hydrogens (primary N) is 1. The molecule has 13 nitrogen and oxygen atoms in total. The van der Waals surface area contributed by atoms with E-state index in [-0.39, 0.29) is 60.3 Å². The number of rotatable bonds is 21. The Morgan fingerprint density at radius 2 is 1.54 bits per heavy atom. The SMILES string of the molecule is CC[C@H](C)[C@@H]([C@@H](CC(=O)N1CCC[C@H]1[C@H](OC)[C@@H](C)C(=O)N[C@@H](Cc1ccccc1)C(=O)Nc1ccc(CN)cc1)OC)N(C)C(=O)[C@@H](/N=C(\C(C)C)N(C)C)C(C)C. The Hall–Kier alpha value is -4.33. The molecule has 328 valence electrons. The van der Waals surface area contributed by atoms with Gasteiger partial charge in [-0.05, 0) is 47.9 Å². The number of carbonyl (C=O) groups excluding carboxylic acids is 4. The molecule has 4 N–H and O–H groups in total. The van der Waals surface area contributed by atoms with Crippen molar-refractivity contribution in [2.24, 2.45) is 34.4 Å². The van der Waals surface area contributed by atoms with E-state index >= 15 is 0 Å². The molecule has 0 bridgehead atoms. The van der Waals surface area contributed by atoms with Crippen LogP contribution in [0.5, 0.6) is 0 Å². The van der Waals surface area contributed by atoms with Crippen LogP contribution >= 0.6 is 0 Å². The van der Waals surface area contributed by atoms with Crippen LogP contribution in [-0.2, 0) is 41.6 Å². The summed E-state index contributed by atoms with van der Waals surface area (Å²) in [7, 11) is 8.83. The number of anilines is 1. The number of nitrogens with one attached hydrogen (secondary N) is 2. The molecule has 8 atom stereocenters. The average molecular weight is 820 g/mol. The Balaban J connectivity index is 1.83. The van der Waals surface area contributed by atoms with E-state index in [9.17, 15) is 19.2 Å². The molecule has 2 aromatic carbocycles. The number of methoxy groups -OCH3 is 2. The Bertz CT molecular complexity index is 1660. The van der Waals surface area contributed by atoms with E-state index in [1.807, 2.05) is 80.2 Å². The average Bonchev–Trinajstić information content (AvgIpc) is 3.70. The predicted octanol–water partition coefficient (Wildman–Crippen LogP) is 5.37. The van der Waals surface area contributed by atoms with E-state index in [4.69, 9.17) is 20.2 Å². The van der Waals surface area contributed by atoms with E-state index in [2.05, 4.69) is 38.3 Å². The number of ether oxygens (including phenoxy) is 2. The second-order valence-corrected chi connectivity index (χ2v) is 17.0. The molecule has 3 rings (SSSR count). The van der Waals surface area contributed by atoms with Gasteiger partial charge in [-0.3, -0.25) is 24.2 Å². The molecule has 1 saturated heterocycles. The van der Waals surface area contributed by atoms with Gasteiger partial charge in [0.25, 0.3) is 0 Å². The summed E-state index contributed by atoms with van der Waals surface area (Å²) in [5.41, 5.74) is 8.18. The van der Waals surface area contributed by atoms with Gasteiger partial charge in [0.2, 0.25) is 23.6 Å². The zero-order chi connectivity index (χ0) is 44.0. The fourth-order valence-corrected chi connectivity index (χ4v) is 8.24. The van der Waals surface area contributed by atoms with Crippen molar-refractivity contribution in [1.29, 1.82) is 0 Å². The third-order valence-corrected chi connectivity index (χ3v) is 11.8. The molecule has 0 aromatic heterocycles. The number of hydrogen-bond acceptors (Lipinski definition) is 8. The fourth-order valence-electron chi connectivity index (χ4n) is 8.24. The Morgan fingerprint density at radius 3 is 2.07 bits per heavy atom. The van der Waals surface area contributed by atoms with E-state index < -0.39 is 36.3 Å². The number of likely N-dealkylation sites (N-methyl/N-ethyl adjacent to an activating group) is 1. The maximum absolute atomic E-state index is 14.4. The first-order valence-electron chi connectivity index (χ1n) is 21.3. The maximum Gasteiger partial charge on any atom is 0.247 e. The molecular weight excluding hydrogens is 747 g/mol. The summed E-state index contributed by atoms with van der Waals surface area (Å²) in [4.78, 5) is 66.9. The quantitative estimate of drug-likeness (QED) is 0.112. The molecule has 2 aromatic rings. The lowest BCUT2D eigenvalue weighted by Gasteiger charge is -2.40. The normalized spacial score (nSPS) is 18.1. The number of amides is 4. The van der Waals surface area contributed by atoms with Crippen molar-refractivity contribution < 1.29 is 28.7 Å². The van der Waals surface area contributed by atoms with Crippen molar-refractivity contribution in [3.8, 4) is 0 Å². The Morgan fingerprint density at radius 1 is 0.898 bits per heavy atom. The standard InChI is InChI=1S/C46H73N7O6/c1-13-31(6)41(52(10)46(57)40(29(2)3)50-43(30(4)5)51(8)9)38(58-11)27-39(54)53-25-17-20-37(53)42(59-12)32(7)44(55)49-36(26-33-18-15-14-16-19-33)45(56)48-35-23-21-34(28-47)22-24-35/h14-16,18-19,21-24,29-32,36-38,40-42H,13,17,20,25-28,47H2,1-12H3,(H,48,56)(H,49,55)/b50-43+/t31-,32+,36-,37-,38+,40-,41-,42+/m0/s1. The van der Waals surface area contributed by atoms with Crippen molar-refractivity contribution in [3.05, 3.63) is 65.7 Å². The van der Waals surface area contributed by atoms with Gasteiger partial charge in [-0.15, -0.1) is 0 Å². The fraction of sp³-hybridized carbons (Fsp3) is 0.630. The highest BCUT2D eigenvalue weighted by molar-refractivity contribution is 5.97. The lowest BCUT2D eigenvalue weighted by atomic mass is 9.89. The summed E-state index contributed by atoms with van der Waals surface area (Å²) in [5.74, 6) is -0.679. The third kappa shape index (κ3) is 13.3. The lowest BCUT2D eigenvalue weighted by Crippen LogP contribution is -2.55. The van der Waals surface area contributed by atoms with Crippen LogP contribution in [-0.4, -0.2) is 122 Å². The molecule has 0 radical (unpaired) electrons. The number of aliphatic imine (C=N–C) groups is 1. The van der Waals surface area contributed by atoms with Gasteiger partial charge in [0.1, 0.15) is 17.9 Å². The summed E-state index contributed by atoms with van der Waals surface area (Å²) < 4.78 is 12.1. The highest BCUT2D eigenvalue weighted by Crippen LogP contribution is 2.30. The van der Waals surface area contributed by atoms with Gasteiger partial charge in [-0.1, -0.05) is 97.4 Å². The molecular formula is C46H73N7O6. The van der Waals surface area contributed by atoms with Gasteiger partial charge in [-0.25, -0.2) is 0 Å². The molecule has 59 heavy (non-hydrogen) atoms. The van der Waals surface area contributed by atoms with Gasteiger partial charge in [0.15, 0.2) is 0 Å². The van der Waals surface area contributed by atoms with Crippen LogP contribution in [0.15, 0.2) is 59.6 Å². The number of nitrogens with zero attached hydrogens (tertiary/aromatic N) is 4. The molecule has 0 saturated carbocycles. The minimum atomic E-state index is -0.874. The van der Waals surface area contributed by atoms with Crippen molar-refractivity contribution in [2.45, 2.75) is 123 Å². The van der Waals surface area contributed by atoms with Gasteiger partial charge in [-0.2, -0.15) is 0 Å². The summed E-state index contributed by atoms with van der Waals surface area (Å²) in [6, 6.07) is 14.6. The van der Waals surface area contributed by atoms with Crippen molar-refractivity contribution in [1.82, 2.24) is 20.0 Å². The van der Waals surface area contributed by atoms with Crippen LogP contribution in [0, 0.1) is 23.7 Å². The zero-order valence-corrected chi connectivity index (χ0v) is 37.7. The van der Waals surface area contributed by atoms with Crippen LogP contribution in [0.3, 0.4) is 0 Å². The highest BCUT2D eigenvalue weighted by Gasteiger charge is 2.43. The van der Waals surface area contributed by atoms with Crippen LogP contribution in [0.25, 0.3) is 0 Å². The molecule has 0 aliphatic carbocycles. The zero-order valence-electron chi connectivity index (χ0n) is 37.7. The summed E-state index contributed by atoms with van der Waals surface area (Å²) >= 11 is 0. The van der Waals surface area contributed by atoms with Crippen LogP contribution < -0.4 is 16.4 Å². The van der Waals surface area contributed by atoms with Crippen LogP contribution in [0.1, 0.15) is 85.3 Å². The molecule has 1 aliphatic rings. The maximum atomic E-state index is 14.4. The highest BCUT2D eigenvalue weighted by atomic mass is 16.5. The first-order valence-corrected chi connectivity index (χ1v) is 21.3. The minimum Gasteiger partial charge on any atom is -0.379 e. The molecule has 4 amide bonds. The first-order chi connectivity index (χ1) is 28.0. The van der Waals surface area contributed by atoms with E-state index in [0.29, 0.717) is 25.2 Å². The Labute approximate surface area is 353 Å². The monoisotopic (exact) mass is 820 g/mol. The van der Waals surface area contributed by atoms with E-state index in [0.717, 1.165) is 29.8 Å². The Kier molecular flexibility index (Phi) is 19.5. The minimum absolute atomic E-state index is 0.0214. The third-order valence-electron chi connectivity index (χ3n) is 11.8. The first kappa shape index (κ1) is 49.0. The number of likely N-dealkylation sites (tertiary alicyclic amines) is 1. The smallest absolute Gasteiger partial charge is 0.247 e. The summed E-state index contributed by atoms with van der Waals surface area (Å²) in [6.45, 7) is 15.0. The van der Waals surface area contributed by atoms with Crippen molar-refractivity contribution in [2.75, 3.05) is 47.2 Å². The molecule has 0 spiro atoms. The van der Waals surface area contributed by atoms with Crippen molar-refractivity contribution in [3.63, 3.8) is 0 Å². The summed E-state index contributed by atoms with van der Waals surface area (Å²) in [6.07, 6.45) is 1.27. The van der Waals surface area contributed by atoms with Gasteiger partial charge in [0, 0.05) is 66.5 Å². The largest absolute Gasteiger partial charge is 0.379 e. The molecule has 1 aliphatic heterocycles. The molecule has 0 unspecified atom stereocenters. The van der Waals surface area contributed by atoms with E-state index in [1.54, 1.807) is 45.2 Å². The number of amidine groups is 1. The van der Waals surface area contributed by atoms with Crippen molar-refractivity contribution >= 4 is 35.2 Å². The van der Waals surface area contributed by atoms with E-state index in [1.165, 1.54) is 0 Å². The van der Waals surface area contributed by atoms with Gasteiger partial charge in [0.05, 0.1) is 36.6 Å². The lowest BCUT2D eigenvalue weighted by molar-refractivity contribution is -0.146. The summed E-state index contributed by atoms with van der Waals surface area (Å²) in [5, 5.41) is 5.95. The number of carbonyl (C=O) groups is 4. The second-order valence-electron chi connectivity index (χ2n) is 17.0. The molecule has 13 heteroatoms. The molecule has 1 fully saturated rings. The molecule has 1 heterocycles. The number of hydrogen-bond donors (Lipinski definition) is 3. The van der Waals surface area contributed by atoms with Gasteiger partial charge >= 0.3 is 0 Å². The second kappa shape index (κ2) is 23.5. The van der Waals surface area contributed by atoms with Crippen LogP contribution in [0.2, 0.25) is 0 Å². The number of benzene rings is 2. The van der Waals surface area contributed by atoms with Gasteiger partial charge < -0.3 is 40.5 Å². The van der Waals surface area contributed by atoms with Crippen LogP contribution in [0.4, 0.5) is 5.69 Å². The predicted molar refractivity (Wildman–Crippen MR) is 236 cm³/mol. The topological polar surface area (TPSA) is 159 Å².